The molecule has 1 aliphatic rings. The minimum Gasteiger partial charge on any atom is -0.378 e. The molecule has 0 aliphatic carbocycles. The van der Waals surface area contributed by atoms with E-state index in [0.29, 0.717) is 30.5 Å². The summed E-state index contributed by atoms with van der Waals surface area (Å²) in [6, 6.07) is 9.76. The van der Waals surface area contributed by atoms with Crippen LogP contribution in [0.3, 0.4) is 0 Å². The number of hydrogen-bond donors (Lipinski definition) is 1. The molecule has 188 valence electrons. The molecule has 0 spiro atoms. The first-order valence-corrected chi connectivity index (χ1v) is 12.1. The summed E-state index contributed by atoms with van der Waals surface area (Å²) in [5.74, 6) is 2.08. The molecule has 0 atom stereocenters. The summed E-state index contributed by atoms with van der Waals surface area (Å²) >= 11 is 0. The quantitative estimate of drug-likeness (QED) is 0.423. The highest BCUT2D eigenvalue weighted by atomic mass is 16.5. The number of carbonyl (C=O) groups excluding carboxylic acids is 1. The summed E-state index contributed by atoms with van der Waals surface area (Å²) in [4.78, 5) is 21.9. The number of anilines is 2. The van der Waals surface area contributed by atoms with Crippen molar-refractivity contribution in [1.82, 2.24) is 24.7 Å². The summed E-state index contributed by atoms with van der Waals surface area (Å²) in [6.07, 6.45) is 2.28. The Morgan fingerprint density at radius 1 is 1.14 bits per heavy atom. The zero-order valence-electron chi connectivity index (χ0n) is 21.1. The molecule has 10 heteroatoms. The molecule has 1 saturated heterocycles. The van der Waals surface area contributed by atoms with Crippen LogP contribution in [0.2, 0.25) is 0 Å². The fourth-order valence-corrected chi connectivity index (χ4v) is 4.44. The highest BCUT2D eigenvalue weighted by Crippen LogP contribution is 2.27. The monoisotopic (exact) mass is 489 g/mol. The standard InChI is InChI=1S/C26H31N7O3/c1-17-22(18(2)36-30-17)14-24(34)27-21-7-5-20(6-8-21)25-28-26(32-9-11-35-12-10-32)23-13-19(15-31(3)4)16-33(23)29-25/h5-8,13,16H,9-12,14-15H2,1-4H3,(H,27,34). The van der Waals surface area contributed by atoms with Gasteiger partial charge in [-0.15, -0.1) is 5.10 Å². The maximum Gasteiger partial charge on any atom is 0.228 e. The van der Waals surface area contributed by atoms with Crippen molar-refractivity contribution in [2.24, 2.45) is 0 Å². The van der Waals surface area contributed by atoms with Crippen LogP contribution in [0.4, 0.5) is 11.5 Å². The predicted molar refractivity (Wildman–Crippen MR) is 137 cm³/mol. The van der Waals surface area contributed by atoms with Gasteiger partial charge in [-0.25, -0.2) is 9.50 Å². The maximum atomic E-state index is 12.6. The van der Waals surface area contributed by atoms with Crippen LogP contribution in [-0.4, -0.2) is 71.0 Å². The normalized spacial score (nSPS) is 14.1. The fraction of sp³-hybridized carbons (Fsp3) is 0.385. The Balaban J connectivity index is 1.40. The van der Waals surface area contributed by atoms with E-state index in [1.165, 1.54) is 5.56 Å². The number of aryl methyl sites for hydroxylation is 2. The summed E-state index contributed by atoms with van der Waals surface area (Å²) in [5.41, 5.74) is 5.30. The van der Waals surface area contributed by atoms with E-state index in [4.69, 9.17) is 19.3 Å². The first kappa shape index (κ1) is 24.0. The Hall–Kier alpha value is -3.76. The third kappa shape index (κ3) is 5.09. The number of aromatic nitrogens is 4. The maximum absolute atomic E-state index is 12.6. The summed E-state index contributed by atoms with van der Waals surface area (Å²) in [5, 5.41) is 11.7. The number of nitrogens with one attached hydrogen (secondary N) is 1. The average Bonchev–Trinajstić information content (AvgIpc) is 3.41. The molecule has 0 unspecified atom stereocenters. The zero-order valence-corrected chi connectivity index (χ0v) is 21.1. The number of fused-ring (bicyclic) bond motifs is 1. The second-order valence-electron chi connectivity index (χ2n) is 9.38. The number of morpholine rings is 1. The van der Waals surface area contributed by atoms with Gasteiger partial charge in [0.15, 0.2) is 11.6 Å². The van der Waals surface area contributed by atoms with Crippen LogP contribution >= 0.6 is 0 Å². The number of rotatable bonds is 7. The van der Waals surface area contributed by atoms with Gasteiger partial charge in [0.25, 0.3) is 0 Å². The lowest BCUT2D eigenvalue weighted by Crippen LogP contribution is -2.37. The fourth-order valence-electron chi connectivity index (χ4n) is 4.44. The second kappa shape index (κ2) is 10.1. The van der Waals surface area contributed by atoms with Crippen molar-refractivity contribution in [2.75, 3.05) is 50.6 Å². The number of amides is 1. The van der Waals surface area contributed by atoms with E-state index in [1.54, 1.807) is 0 Å². The first-order valence-electron chi connectivity index (χ1n) is 12.1. The Morgan fingerprint density at radius 3 is 2.56 bits per heavy atom. The molecule has 0 radical (unpaired) electrons. The number of carbonyl (C=O) groups is 1. The van der Waals surface area contributed by atoms with E-state index in [0.717, 1.165) is 47.8 Å². The van der Waals surface area contributed by atoms with Crippen LogP contribution < -0.4 is 10.2 Å². The van der Waals surface area contributed by atoms with E-state index in [1.807, 2.05) is 42.6 Å². The molecule has 5 rings (SSSR count). The van der Waals surface area contributed by atoms with Crippen molar-refractivity contribution in [3.8, 4) is 11.4 Å². The van der Waals surface area contributed by atoms with E-state index in [-0.39, 0.29) is 12.3 Å². The summed E-state index contributed by atoms with van der Waals surface area (Å²) < 4.78 is 12.6. The van der Waals surface area contributed by atoms with Crippen molar-refractivity contribution in [2.45, 2.75) is 26.8 Å². The number of hydrogen-bond acceptors (Lipinski definition) is 8. The molecule has 36 heavy (non-hydrogen) atoms. The average molecular weight is 490 g/mol. The van der Waals surface area contributed by atoms with Gasteiger partial charge in [0.2, 0.25) is 5.91 Å². The van der Waals surface area contributed by atoms with Gasteiger partial charge in [0.1, 0.15) is 11.3 Å². The molecular formula is C26H31N7O3. The zero-order chi connectivity index (χ0) is 25.2. The molecule has 1 aromatic carbocycles. The highest BCUT2D eigenvalue weighted by Gasteiger charge is 2.20. The van der Waals surface area contributed by atoms with Gasteiger partial charge < -0.3 is 24.4 Å². The summed E-state index contributed by atoms with van der Waals surface area (Å²) in [6.45, 7) is 7.41. The van der Waals surface area contributed by atoms with Crippen molar-refractivity contribution in [3.63, 3.8) is 0 Å². The summed E-state index contributed by atoms with van der Waals surface area (Å²) in [7, 11) is 4.11. The Bertz CT molecular complexity index is 1350. The van der Waals surface area contributed by atoms with Gasteiger partial charge in [-0.3, -0.25) is 4.79 Å². The van der Waals surface area contributed by atoms with Crippen LogP contribution in [-0.2, 0) is 22.5 Å². The lowest BCUT2D eigenvalue weighted by molar-refractivity contribution is -0.115. The van der Waals surface area contributed by atoms with Crippen LogP contribution in [0.5, 0.6) is 0 Å². The van der Waals surface area contributed by atoms with Crippen molar-refractivity contribution in [1.29, 1.82) is 0 Å². The lowest BCUT2D eigenvalue weighted by Gasteiger charge is -2.28. The van der Waals surface area contributed by atoms with Gasteiger partial charge in [0.05, 0.1) is 25.3 Å². The topological polar surface area (TPSA) is 101 Å². The first-order chi connectivity index (χ1) is 17.4. The molecule has 4 heterocycles. The molecule has 1 aliphatic heterocycles. The smallest absolute Gasteiger partial charge is 0.228 e. The molecule has 1 fully saturated rings. The second-order valence-corrected chi connectivity index (χ2v) is 9.38. The molecule has 3 aromatic heterocycles. The molecule has 0 bridgehead atoms. The Labute approximate surface area is 209 Å². The molecular weight excluding hydrogens is 458 g/mol. The van der Waals surface area contributed by atoms with Gasteiger partial charge >= 0.3 is 0 Å². The van der Waals surface area contributed by atoms with Crippen molar-refractivity contribution in [3.05, 3.63) is 59.1 Å². The van der Waals surface area contributed by atoms with E-state index < -0.39 is 0 Å². The van der Waals surface area contributed by atoms with E-state index in [9.17, 15) is 4.79 Å². The Morgan fingerprint density at radius 2 is 1.89 bits per heavy atom. The van der Waals surface area contributed by atoms with Gasteiger partial charge in [-0.05, 0) is 63.8 Å². The van der Waals surface area contributed by atoms with Crippen molar-refractivity contribution >= 4 is 22.9 Å². The molecule has 1 amide bonds. The number of ether oxygens (including phenoxy) is 1. The van der Waals surface area contributed by atoms with E-state index in [2.05, 4.69) is 46.6 Å². The number of benzene rings is 1. The van der Waals surface area contributed by atoms with Crippen LogP contribution in [0, 0.1) is 13.8 Å². The predicted octanol–water partition coefficient (Wildman–Crippen LogP) is 3.08. The lowest BCUT2D eigenvalue weighted by atomic mass is 10.1. The molecule has 1 N–H and O–H groups in total. The van der Waals surface area contributed by atoms with Gasteiger partial charge in [-0.1, -0.05) is 5.16 Å². The Kier molecular flexibility index (Phi) is 6.71. The van der Waals surface area contributed by atoms with Crippen LogP contribution in [0.1, 0.15) is 22.6 Å². The minimum absolute atomic E-state index is 0.120. The minimum atomic E-state index is -0.120. The molecule has 4 aromatic rings. The molecule has 0 saturated carbocycles. The SMILES string of the molecule is Cc1noc(C)c1CC(=O)Nc1ccc(-c2nc(N3CCOCC3)c3cc(CN(C)C)cn3n2)cc1. The number of nitrogens with zero attached hydrogens (tertiary/aromatic N) is 6. The van der Waals surface area contributed by atoms with E-state index >= 15 is 0 Å². The van der Waals surface area contributed by atoms with Crippen molar-refractivity contribution < 1.29 is 14.1 Å². The highest BCUT2D eigenvalue weighted by molar-refractivity contribution is 5.92. The third-order valence-corrected chi connectivity index (χ3v) is 6.26. The van der Waals surface area contributed by atoms with Gasteiger partial charge in [-0.2, -0.15) is 0 Å². The largest absolute Gasteiger partial charge is 0.378 e. The molecule has 10 nitrogen and oxygen atoms in total. The van der Waals surface area contributed by atoms with Crippen LogP contribution in [0.25, 0.3) is 16.9 Å². The third-order valence-electron chi connectivity index (χ3n) is 6.26. The van der Waals surface area contributed by atoms with Gasteiger partial charge in [0, 0.05) is 42.6 Å². The van der Waals surface area contributed by atoms with Crippen LogP contribution in [0.15, 0.2) is 41.1 Å².